The second kappa shape index (κ2) is 6.48. The lowest BCUT2D eigenvalue weighted by molar-refractivity contribution is -0.118. The fraction of sp³-hybridized carbons (Fsp3) is 0.588. The van der Waals surface area contributed by atoms with Crippen LogP contribution in [0.15, 0.2) is 18.2 Å². The van der Waals surface area contributed by atoms with E-state index >= 15 is 0 Å². The molecule has 1 heterocycles. The van der Waals surface area contributed by atoms with Crippen LogP contribution in [0.5, 0.6) is 5.75 Å². The van der Waals surface area contributed by atoms with Gasteiger partial charge in [-0.1, -0.05) is 33.8 Å². The highest BCUT2D eigenvalue weighted by Crippen LogP contribution is 2.39. The van der Waals surface area contributed by atoms with Gasteiger partial charge in [-0.15, -0.1) is 0 Å². The van der Waals surface area contributed by atoms with Crippen molar-refractivity contribution in [3.05, 3.63) is 23.8 Å². The normalized spacial score (nSPS) is 15.9. The largest absolute Gasteiger partial charge is 0.482 e. The molecule has 0 spiro atoms. The number of carbonyl (C=O) groups excluding carboxylic acids is 1. The maximum absolute atomic E-state index is 11.5. The fourth-order valence-electron chi connectivity index (χ4n) is 2.62. The maximum atomic E-state index is 11.5. The summed E-state index contributed by atoms with van der Waals surface area (Å²) in [5.41, 5.74) is 2.11. The number of fused-ring (bicyclic) bond motifs is 1. The maximum Gasteiger partial charge on any atom is 0.262 e. The zero-order valence-corrected chi connectivity index (χ0v) is 13.5. The zero-order chi connectivity index (χ0) is 15.5. The van der Waals surface area contributed by atoms with Gasteiger partial charge < -0.3 is 15.4 Å². The van der Waals surface area contributed by atoms with E-state index in [1.54, 1.807) is 0 Å². The molecular weight excluding hydrogens is 264 g/mol. The van der Waals surface area contributed by atoms with Crippen molar-refractivity contribution in [1.29, 1.82) is 0 Å². The molecular formula is C17H26N2O2. The van der Waals surface area contributed by atoms with E-state index in [-0.39, 0.29) is 24.0 Å². The Balaban J connectivity index is 2.31. The minimum atomic E-state index is -0.0903. The van der Waals surface area contributed by atoms with Gasteiger partial charge in [-0.3, -0.25) is 4.79 Å². The van der Waals surface area contributed by atoms with Gasteiger partial charge in [0.1, 0.15) is 5.75 Å². The summed E-state index contributed by atoms with van der Waals surface area (Å²) in [7, 11) is 0. The van der Waals surface area contributed by atoms with Crippen LogP contribution < -0.4 is 15.4 Å². The van der Waals surface area contributed by atoms with Crippen LogP contribution in [0.2, 0.25) is 0 Å². The average molecular weight is 290 g/mol. The van der Waals surface area contributed by atoms with E-state index in [4.69, 9.17) is 4.74 Å². The van der Waals surface area contributed by atoms with Gasteiger partial charge in [0.15, 0.2) is 6.61 Å². The van der Waals surface area contributed by atoms with Crippen molar-refractivity contribution in [2.24, 2.45) is 5.41 Å². The number of amides is 1. The summed E-state index contributed by atoms with van der Waals surface area (Å²) in [6.45, 7) is 10.0. The van der Waals surface area contributed by atoms with Gasteiger partial charge in [0.2, 0.25) is 0 Å². The molecule has 4 heteroatoms. The van der Waals surface area contributed by atoms with Gasteiger partial charge in [-0.25, -0.2) is 0 Å². The molecule has 0 aromatic heterocycles. The van der Waals surface area contributed by atoms with Gasteiger partial charge in [-0.2, -0.15) is 0 Å². The van der Waals surface area contributed by atoms with Crippen molar-refractivity contribution in [2.45, 2.75) is 46.6 Å². The highest BCUT2D eigenvalue weighted by Gasteiger charge is 2.29. The van der Waals surface area contributed by atoms with E-state index in [0.717, 1.165) is 30.8 Å². The lowest BCUT2D eigenvalue weighted by atomic mass is 9.78. The Hall–Kier alpha value is -1.55. The van der Waals surface area contributed by atoms with E-state index < -0.39 is 0 Å². The number of rotatable bonds is 6. The lowest BCUT2D eigenvalue weighted by Crippen LogP contribution is -2.34. The van der Waals surface area contributed by atoms with Gasteiger partial charge in [0.05, 0.1) is 5.69 Å². The first-order valence-electron chi connectivity index (χ1n) is 7.78. The Morgan fingerprint density at radius 2 is 2.14 bits per heavy atom. The van der Waals surface area contributed by atoms with E-state index in [1.807, 2.05) is 12.1 Å². The molecule has 1 aromatic carbocycles. The summed E-state index contributed by atoms with van der Waals surface area (Å²) < 4.78 is 5.43. The van der Waals surface area contributed by atoms with Gasteiger partial charge in [0.25, 0.3) is 5.91 Å². The van der Waals surface area contributed by atoms with Crippen molar-refractivity contribution >= 4 is 11.6 Å². The molecule has 1 unspecified atom stereocenters. The average Bonchev–Trinajstić information content (AvgIpc) is 2.47. The zero-order valence-electron chi connectivity index (χ0n) is 13.5. The van der Waals surface area contributed by atoms with Crippen molar-refractivity contribution < 1.29 is 9.53 Å². The summed E-state index contributed by atoms with van der Waals surface area (Å²) in [5.74, 6) is 0.661. The van der Waals surface area contributed by atoms with Crippen LogP contribution in [-0.2, 0) is 4.79 Å². The second-order valence-electron chi connectivity index (χ2n) is 6.32. The Bertz CT molecular complexity index is 512. The molecule has 21 heavy (non-hydrogen) atoms. The summed E-state index contributed by atoms with van der Waals surface area (Å²) in [6.07, 6.45) is 2.18. The third kappa shape index (κ3) is 3.56. The SMILES string of the molecule is CCCNC(c1ccc2c(c1)NC(=O)CO2)C(C)(C)CC. The minimum Gasteiger partial charge on any atom is -0.482 e. The molecule has 116 valence electrons. The monoisotopic (exact) mass is 290 g/mol. The molecule has 2 N–H and O–H groups in total. The Kier molecular flexibility index (Phi) is 4.88. The highest BCUT2D eigenvalue weighted by molar-refractivity contribution is 5.95. The number of nitrogens with one attached hydrogen (secondary N) is 2. The van der Waals surface area contributed by atoms with E-state index in [9.17, 15) is 4.79 Å². The third-order valence-electron chi connectivity index (χ3n) is 4.26. The molecule has 0 saturated heterocycles. The predicted octanol–water partition coefficient (Wildman–Crippen LogP) is 3.49. The second-order valence-corrected chi connectivity index (χ2v) is 6.32. The summed E-state index contributed by atoms with van der Waals surface area (Å²) in [4.78, 5) is 11.5. The van der Waals surface area contributed by atoms with Crippen LogP contribution in [0.25, 0.3) is 0 Å². The van der Waals surface area contributed by atoms with E-state index in [0.29, 0.717) is 0 Å². The van der Waals surface area contributed by atoms with Crippen molar-refractivity contribution in [1.82, 2.24) is 5.32 Å². The Labute approximate surface area is 127 Å². The molecule has 0 bridgehead atoms. The first kappa shape index (κ1) is 15.8. The summed E-state index contributed by atoms with van der Waals surface area (Å²) >= 11 is 0. The molecule has 1 aliphatic heterocycles. The number of anilines is 1. The lowest BCUT2D eigenvalue weighted by Gasteiger charge is -2.35. The van der Waals surface area contributed by atoms with Gasteiger partial charge >= 0.3 is 0 Å². The molecule has 1 aromatic rings. The first-order chi connectivity index (χ1) is 9.97. The molecule has 1 atom stereocenters. The number of hydrogen-bond acceptors (Lipinski definition) is 3. The van der Waals surface area contributed by atoms with Gasteiger partial charge in [-0.05, 0) is 42.5 Å². The van der Waals surface area contributed by atoms with Crippen LogP contribution in [0.3, 0.4) is 0 Å². The molecule has 4 nitrogen and oxygen atoms in total. The van der Waals surface area contributed by atoms with E-state index in [1.165, 1.54) is 5.56 Å². The van der Waals surface area contributed by atoms with Gasteiger partial charge in [0, 0.05) is 6.04 Å². The fourth-order valence-corrected chi connectivity index (χ4v) is 2.62. The van der Waals surface area contributed by atoms with Crippen LogP contribution in [0.1, 0.15) is 52.1 Å². The van der Waals surface area contributed by atoms with E-state index in [2.05, 4.69) is 44.4 Å². The minimum absolute atomic E-state index is 0.0903. The van der Waals surface area contributed by atoms with Crippen LogP contribution >= 0.6 is 0 Å². The quantitative estimate of drug-likeness (QED) is 0.843. The molecule has 0 radical (unpaired) electrons. The molecule has 0 aliphatic carbocycles. The Morgan fingerprint density at radius 3 is 2.81 bits per heavy atom. The first-order valence-corrected chi connectivity index (χ1v) is 7.78. The number of ether oxygens (including phenoxy) is 1. The van der Waals surface area contributed by atoms with Crippen LogP contribution in [0.4, 0.5) is 5.69 Å². The number of carbonyl (C=O) groups is 1. The summed E-state index contributed by atoms with van der Waals surface area (Å²) in [5, 5.41) is 6.53. The number of benzene rings is 1. The van der Waals surface area contributed by atoms with Crippen molar-refractivity contribution in [2.75, 3.05) is 18.5 Å². The molecule has 1 amide bonds. The van der Waals surface area contributed by atoms with Crippen LogP contribution in [-0.4, -0.2) is 19.1 Å². The Morgan fingerprint density at radius 1 is 1.38 bits per heavy atom. The molecule has 1 aliphatic rings. The van der Waals surface area contributed by atoms with Crippen molar-refractivity contribution in [3.63, 3.8) is 0 Å². The molecule has 0 saturated carbocycles. The summed E-state index contributed by atoms with van der Waals surface area (Å²) in [6, 6.07) is 6.35. The smallest absolute Gasteiger partial charge is 0.262 e. The van der Waals surface area contributed by atoms with Crippen molar-refractivity contribution in [3.8, 4) is 5.75 Å². The number of hydrogen-bond donors (Lipinski definition) is 2. The molecule has 0 fully saturated rings. The third-order valence-corrected chi connectivity index (χ3v) is 4.26. The topological polar surface area (TPSA) is 50.4 Å². The highest BCUT2D eigenvalue weighted by atomic mass is 16.5. The standard InChI is InChI=1S/C17H26N2O2/c1-5-9-18-16(17(3,4)6-2)12-7-8-14-13(10-12)19-15(20)11-21-14/h7-8,10,16,18H,5-6,9,11H2,1-4H3,(H,19,20). The van der Waals surface area contributed by atoms with Crippen LogP contribution in [0, 0.1) is 5.41 Å². The predicted molar refractivity (Wildman–Crippen MR) is 85.7 cm³/mol. The molecule has 2 rings (SSSR count).